The lowest BCUT2D eigenvalue weighted by Gasteiger charge is -2.30. The summed E-state index contributed by atoms with van der Waals surface area (Å²) in [6, 6.07) is 14.4. The molecule has 0 radical (unpaired) electrons. The monoisotopic (exact) mass is 326 g/mol. The van der Waals surface area contributed by atoms with Crippen molar-refractivity contribution in [3.63, 3.8) is 0 Å². The standard InChI is InChI=1S/C20H26N2O2/c1-3-19(20(23)21-17-10-12-22(2)13-11-17)24-18-9-8-15-6-4-5-7-16(15)14-18/h4-9,14,17,19H,3,10-13H2,1-2H3,(H,21,23). The van der Waals surface area contributed by atoms with E-state index in [-0.39, 0.29) is 11.9 Å². The topological polar surface area (TPSA) is 41.6 Å². The number of carbonyl (C=O) groups is 1. The van der Waals surface area contributed by atoms with Crippen LogP contribution in [0, 0.1) is 0 Å². The molecule has 0 bridgehead atoms. The molecule has 24 heavy (non-hydrogen) atoms. The fourth-order valence-corrected chi connectivity index (χ4v) is 3.17. The fraction of sp³-hybridized carbons (Fsp3) is 0.450. The maximum absolute atomic E-state index is 12.5. The van der Waals surface area contributed by atoms with Gasteiger partial charge in [0.15, 0.2) is 6.10 Å². The Balaban J connectivity index is 1.63. The number of ether oxygens (including phenoxy) is 1. The van der Waals surface area contributed by atoms with Crippen LogP contribution in [0.2, 0.25) is 0 Å². The molecule has 1 heterocycles. The van der Waals surface area contributed by atoms with Gasteiger partial charge in [-0.2, -0.15) is 0 Å². The second kappa shape index (κ2) is 7.67. The molecule has 1 fully saturated rings. The van der Waals surface area contributed by atoms with Crippen molar-refractivity contribution in [2.75, 3.05) is 20.1 Å². The molecule has 1 atom stereocenters. The van der Waals surface area contributed by atoms with Gasteiger partial charge in [0, 0.05) is 6.04 Å². The van der Waals surface area contributed by atoms with Gasteiger partial charge in [0.1, 0.15) is 5.75 Å². The normalized spacial score (nSPS) is 17.6. The van der Waals surface area contributed by atoms with Crippen LogP contribution in [0.5, 0.6) is 5.75 Å². The van der Waals surface area contributed by atoms with Crippen molar-refractivity contribution < 1.29 is 9.53 Å². The second-order valence-electron chi connectivity index (χ2n) is 6.61. The van der Waals surface area contributed by atoms with Crippen LogP contribution in [0.3, 0.4) is 0 Å². The summed E-state index contributed by atoms with van der Waals surface area (Å²) in [5.41, 5.74) is 0. The van der Waals surface area contributed by atoms with Crippen molar-refractivity contribution in [1.82, 2.24) is 10.2 Å². The van der Waals surface area contributed by atoms with Crippen molar-refractivity contribution in [2.24, 2.45) is 0 Å². The highest BCUT2D eigenvalue weighted by Crippen LogP contribution is 2.22. The van der Waals surface area contributed by atoms with Gasteiger partial charge >= 0.3 is 0 Å². The average Bonchev–Trinajstić information content (AvgIpc) is 2.61. The molecule has 3 rings (SSSR count). The number of amides is 1. The largest absolute Gasteiger partial charge is 0.481 e. The lowest BCUT2D eigenvalue weighted by molar-refractivity contribution is -0.129. The average molecular weight is 326 g/mol. The Labute approximate surface area is 143 Å². The van der Waals surface area contributed by atoms with E-state index >= 15 is 0 Å². The van der Waals surface area contributed by atoms with E-state index in [0.29, 0.717) is 6.42 Å². The minimum absolute atomic E-state index is 0.000196. The van der Waals surface area contributed by atoms with Gasteiger partial charge in [-0.05, 0) is 62.3 Å². The van der Waals surface area contributed by atoms with Gasteiger partial charge in [0.25, 0.3) is 5.91 Å². The highest BCUT2D eigenvalue weighted by Gasteiger charge is 2.24. The zero-order valence-corrected chi connectivity index (χ0v) is 14.5. The summed E-state index contributed by atoms with van der Waals surface area (Å²) in [7, 11) is 2.12. The summed E-state index contributed by atoms with van der Waals surface area (Å²) in [6.07, 6.45) is 2.24. The number of hydrogen-bond donors (Lipinski definition) is 1. The molecule has 4 nitrogen and oxygen atoms in total. The van der Waals surface area contributed by atoms with Crippen LogP contribution in [0.25, 0.3) is 10.8 Å². The van der Waals surface area contributed by atoms with Crippen LogP contribution in [-0.4, -0.2) is 43.1 Å². The number of benzene rings is 2. The van der Waals surface area contributed by atoms with Gasteiger partial charge in [-0.1, -0.05) is 37.3 Å². The molecule has 1 saturated heterocycles. The summed E-state index contributed by atoms with van der Waals surface area (Å²) >= 11 is 0. The lowest BCUT2D eigenvalue weighted by Crippen LogP contribution is -2.47. The molecular weight excluding hydrogens is 300 g/mol. The highest BCUT2D eigenvalue weighted by molar-refractivity contribution is 5.84. The molecular formula is C20H26N2O2. The fourth-order valence-electron chi connectivity index (χ4n) is 3.17. The molecule has 0 aliphatic carbocycles. The lowest BCUT2D eigenvalue weighted by atomic mass is 10.1. The number of carbonyl (C=O) groups excluding carboxylic acids is 1. The summed E-state index contributed by atoms with van der Waals surface area (Å²) in [6.45, 7) is 4.06. The van der Waals surface area contributed by atoms with Crippen molar-refractivity contribution in [3.8, 4) is 5.75 Å². The predicted octanol–water partition coefficient (Wildman–Crippen LogP) is 3.21. The first-order valence-corrected chi connectivity index (χ1v) is 8.80. The van der Waals surface area contributed by atoms with E-state index < -0.39 is 6.10 Å². The predicted molar refractivity (Wildman–Crippen MR) is 97.3 cm³/mol. The zero-order chi connectivity index (χ0) is 16.9. The van der Waals surface area contributed by atoms with Crippen LogP contribution < -0.4 is 10.1 Å². The van der Waals surface area contributed by atoms with Crippen molar-refractivity contribution in [2.45, 2.75) is 38.3 Å². The summed E-state index contributed by atoms with van der Waals surface area (Å²) in [4.78, 5) is 14.8. The van der Waals surface area contributed by atoms with Crippen LogP contribution in [0.15, 0.2) is 42.5 Å². The summed E-state index contributed by atoms with van der Waals surface area (Å²) < 4.78 is 5.97. The Kier molecular flexibility index (Phi) is 5.36. The van der Waals surface area contributed by atoms with Crippen molar-refractivity contribution >= 4 is 16.7 Å². The minimum Gasteiger partial charge on any atom is -0.481 e. The molecule has 2 aromatic rings. The van der Waals surface area contributed by atoms with E-state index in [0.717, 1.165) is 37.1 Å². The van der Waals surface area contributed by atoms with E-state index in [4.69, 9.17) is 4.74 Å². The molecule has 1 aliphatic heterocycles. The number of likely N-dealkylation sites (tertiary alicyclic amines) is 1. The maximum atomic E-state index is 12.5. The first-order valence-electron chi connectivity index (χ1n) is 8.80. The van der Waals surface area contributed by atoms with E-state index in [1.165, 1.54) is 5.39 Å². The Hall–Kier alpha value is -2.07. The third kappa shape index (κ3) is 4.06. The Bertz CT molecular complexity index is 693. The van der Waals surface area contributed by atoms with Crippen LogP contribution in [0.4, 0.5) is 0 Å². The summed E-state index contributed by atoms with van der Waals surface area (Å²) in [5.74, 6) is 0.749. The Morgan fingerprint density at radius 3 is 2.62 bits per heavy atom. The number of nitrogens with one attached hydrogen (secondary N) is 1. The van der Waals surface area contributed by atoms with Gasteiger partial charge in [-0.25, -0.2) is 0 Å². The summed E-state index contributed by atoms with van der Waals surface area (Å²) in [5, 5.41) is 5.46. The molecule has 0 saturated carbocycles. The van der Waals surface area contributed by atoms with Gasteiger partial charge in [0.05, 0.1) is 0 Å². The molecule has 4 heteroatoms. The van der Waals surface area contributed by atoms with E-state index in [2.05, 4.69) is 29.4 Å². The van der Waals surface area contributed by atoms with Crippen molar-refractivity contribution in [3.05, 3.63) is 42.5 Å². The highest BCUT2D eigenvalue weighted by atomic mass is 16.5. The third-order valence-corrected chi connectivity index (χ3v) is 4.73. The molecule has 1 unspecified atom stereocenters. The molecule has 2 aromatic carbocycles. The van der Waals surface area contributed by atoms with Crippen LogP contribution >= 0.6 is 0 Å². The third-order valence-electron chi connectivity index (χ3n) is 4.73. The van der Waals surface area contributed by atoms with Crippen molar-refractivity contribution in [1.29, 1.82) is 0 Å². The van der Waals surface area contributed by atoms with Crippen LogP contribution in [0.1, 0.15) is 26.2 Å². The van der Waals surface area contributed by atoms with Gasteiger partial charge in [-0.3, -0.25) is 4.79 Å². The van der Waals surface area contributed by atoms with Gasteiger partial charge in [0.2, 0.25) is 0 Å². The number of nitrogens with zero attached hydrogens (tertiary/aromatic N) is 1. The van der Waals surface area contributed by atoms with E-state index in [1.807, 2.05) is 37.3 Å². The SMILES string of the molecule is CCC(Oc1ccc2ccccc2c1)C(=O)NC1CCN(C)CC1. The number of hydrogen-bond acceptors (Lipinski definition) is 3. The molecule has 1 aliphatic rings. The molecule has 128 valence electrons. The number of piperidine rings is 1. The molecule has 1 N–H and O–H groups in total. The Morgan fingerprint density at radius 2 is 1.92 bits per heavy atom. The minimum atomic E-state index is -0.439. The maximum Gasteiger partial charge on any atom is 0.261 e. The smallest absolute Gasteiger partial charge is 0.261 e. The quantitative estimate of drug-likeness (QED) is 0.917. The van der Waals surface area contributed by atoms with Crippen LogP contribution in [-0.2, 0) is 4.79 Å². The molecule has 0 spiro atoms. The first kappa shape index (κ1) is 16.8. The second-order valence-corrected chi connectivity index (χ2v) is 6.61. The number of fused-ring (bicyclic) bond motifs is 1. The number of rotatable bonds is 5. The molecule has 0 aromatic heterocycles. The zero-order valence-electron chi connectivity index (χ0n) is 14.5. The van der Waals surface area contributed by atoms with E-state index in [1.54, 1.807) is 0 Å². The Morgan fingerprint density at radius 1 is 1.21 bits per heavy atom. The van der Waals surface area contributed by atoms with E-state index in [9.17, 15) is 4.79 Å². The van der Waals surface area contributed by atoms with Gasteiger partial charge < -0.3 is 15.0 Å². The first-order chi connectivity index (χ1) is 11.7. The van der Waals surface area contributed by atoms with Gasteiger partial charge in [-0.15, -0.1) is 0 Å². The molecule has 1 amide bonds.